The molecule has 0 unspecified atom stereocenters. The van der Waals surface area contributed by atoms with Gasteiger partial charge in [0.1, 0.15) is 11.3 Å². The molecule has 6 nitrogen and oxygen atoms in total. The van der Waals surface area contributed by atoms with E-state index in [0.29, 0.717) is 35.9 Å². The lowest BCUT2D eigenvalue weighted by atomic mass is 10.2. The second-order valence-electron chi connectivity index (χ2n) is 6.16. The fourth-order valence-corrected chi connectivity index (χ4v) is 2.96. The van der Waals surface area contributed by atoms with Crippen molar-refractivity contribution in [1.82, 2.24) is 19.5 Å². The van der Waals surface area contributed by atoms with Gasteiger partial charge in [0.05, 0.1) is 6.54 Å². The second kappa shape index (κ2) is 6.84. The first kappa shape index (κ1) is 16.1. The fraction of sp³-hybridized carbons (Fsp3) is 0.150. The fourth-order valence-electron chi connectivity index (χ4n) is 2.96. The Bertz CT molecular complexity index is 1080. The van der Waals surface area contributed by atoms with E-state index in [9.17, 15) is 4.79 Å². The van der Waals surface area contributed by atoms with Crippen molar-refractivity contribution < 1.29 is 0 Å². The minimum atomic E-state index is -0.188. The van der Waals surface area contributed by atoms with Crippen molar-refractivity contribution in [2.75, 3.05) is 5.32 Å². The van der Waals surface area contributed by atoms with Gasteiger partial charge >= 0.3 is 5.69 Å². The number of anilines is 1. The summed E-state index contributed by atoms with van der Waals surface area (Å²) in [5.41, 5.74) is 3.24. The number of rotatable bonds is 5. The molecule has 2 aromatic heterocycles. The summed E-state index contributed by atoms with van der Waals surface area (Å²) in [7, 11) is 0. The number of aromatic nitrogens is 4. The molecular weight excluding hydrogens is 326 g/mol. The summed E-state index contributed by atoms with van der Waals surface area (Å²) in [4.78, 5) is 24.4. The zero-order valence-electron chi connectivity index (χ0n) is 14.4. The average Bonchev–Trinajstić information content (AvgIpc) is 2.97. The summed E-state index contributed by atoms with van der Waals surface area (Å²) in [5.74, 6) is 1.26. The monoisotopic (exact) mass is 345 g/mol. The highest BCUT2D eigenvalue weighted by molar-refractivity contribution is 5.83. The number of aromatic amines is 1. The first-order valence-electron chi connectivity index (χ1n) is 8.49. The van der Waals surface area contributed by atoms with Crippen LogP contribution in [0.2, 0.25) is 0 Å². The SMILES string of the molecule is Cc1nc(NCc2ccccc2)c2[nH]c(=O)n(Cc3ccccc3)c2n1. The van der Waals surface area contributed by atoms with Crippen LogP contribution in [0.4, 0.5) is 5.82 Å². The van der Waals surface area contributed by atoms with Crippen molar-refractivity contribution in [3.63, 3.8) is 0 Å². The molecule has 0 aliphatic carbocycles. The van der Waals surface area contributed by atoms with E-state index >= 15 is 0 Å². The molecule has 0 amide bonds. The van der Waals surface area contributed by atoms with Crippen LogP contribution in [-0.2, 0) is 13.1 Å². The standard InChI is InChI=1S/C20H19N5O/c1-14-22-18(21-12-15-8-4-2-5-9-15)17-19(23-14)25(20(26)24-17)13-16-10-6-3-7-11-16/h2-11H,12-13H2,1H3,(H,24,26)(H,21,22,23). The lowest BCUT2D eigenvalue weighted by Crippen LogP contribution is -2.17. The molecule has 0 radical (unpaired) electrons. The van der Waals surface area contributed by atoms with Gasteiger partial charge in [-0.05, 0) is 18.1 Å². The summed E-state index contributed by atoms with van der Waals surface area (Å²) in [6, 6.07) is 19.9. The molecule has 0 saturated heterocycles. The molecule has 2 heterocycles. The minimum absolute atomic E-state index is 0.188. The number of benzene rings is 2. The molecule has 0 fully saturated rings. The number of hydrogen-bond acceptors (Lipinski definition) is 4. The predicted octanol–water partition coefficient (Wildman–Crippen LogP) is 3.09. The van der Waals surface area contributed by atoms with Gasteiger partial charge < -0.3 is 10.3 Å². The molecule has 0 aliphatic rings. The van der Waals surface area contributed by atoms with Crippen molar-refractivity contribution in [2.45, 2.75) is 20.0 Å². The van der Waals surface area contributed by atoms with Crippen molar-refractivity contribution in [3.05, 3.63) is 88.1 Å². The van der Waals surface area contributed by atoms with Gasteiger partial charge in [-0.2, -0.15) is 0 Å². The third-order valence-electron chi connectivity index (χ3n) is 4.22. The summed E-state index contributed by atoms with van der Waals surface area (Å²) in [6.45, 7) is 2.92. The molecule has 26 heavy (non-hydrogen) atoms. The summed E-state index contributed by atoms with van der Waals surface area (Å²) in [6.07, 6.45) is 0. The molecule has 0 aliphatic heterocycles. The van der Waals surface area contributed by atoms with Crippen molar-refractivity contribution in [3.8, 4) is 0 Å². The number of hydrogen-bond donors (Lipinski definition) is 2. The molecule has 0 atom stereocenters. The van der Waals surface area contributed by atoms with Gasteiger partial charge in [-0.3, -0.25) is 4.57 Å². The molecule has 2 N–H and O–H groups in total. The highest BCUT2D eigenvalue weighted by Crippen LogP contribution is 2.18. The highest BCUT2D eigenvalue weighted by Gasteiger charge is 2.14. The number of imidazole rings is 1. The Morgan fingerprint density at radius 3 is 2.31 bits per heavy atom. The van der Waals surface area contributed by atoms with Crippen LogP contribution in [0.1, 0.15) is 17.0 Å². The van der Waals surface area contributed by atoms with Gasteiger partial charge in [-0.1, -0.05) is 60.7 Å². The quantitative estimate of drug-likeness (QED) is 0.583. The zero-order chi connectivity index (χ0) is 17.9. The molecule has 130 valence electrons. The average molecular weight is 345 g/mol. The molecule has 4 rings (SSSR count). The molecular formula is C20H19N5O. The Balaban J connectivity index is 1.71. The summed E-state index contributed by atoms with van der Waals surface area (Å²) < 4.78 is 1.65. The van der Waals surface area contributed by atoms with Gasteiger partial charge in [-0.15, -0.1) is 0 Å². The maximum absolute atomic E-state index is 12.5. The molecule has 0 bridgehead atoms. The van der Waals surface area contributed by atoms with E-state index in [1.165, 1.54) is 0 Å². The van der Waals surface area contributed by atoms with E-state index < -0.39 is 0 Å². The maximum atomic E-state index is 12.5. The van der Waals surface area contributed by atoms with Crippen molar-refractivity contribution >= 4 is 17.0 Å². The molecule has 0 saturated carbocycles. The van der Waals surface area contributed by atoms with Crippen LogP contribution >= 0.6 is 0 Å². The van der Waals surface area contributed by atoms with Gasteiger partial charge in [0.2, 0.25) is 0 Å². The largest absolute Gasteiger partial charge is 0.364 e. The molecule has 4 aromatic rings. The zero-order valence-corrected chi connectivity index (χ0v) is 14.4. The summed E-state index contributed by atoms with van der Waals surface area (Å²) in [5, 5.41) is 3.31. The Hall–Kier alpha value is -3.41. The summed E-state index contributed by atoms with van der Waals surface area (Å²) >= 11 is 0. The first-order valence-corrected chi connectivity index (χ1v) is 8.49. The van der Waals surface area contributed by atoms with Crippen LogP contribution in [0, 0.1) is 6.92 Å². The predicted molar refractivity (Wildman–Crippen MR) is 102 cm³/mol. The Labute approximate surface area is 150 Å². The van der Waals surface area contributed by atoms with E-state index in [4.69, 9.17) is 0 Å². The van der Waals surface area contributed by atoms with E-state index in [-0.39, 0.29) is 5.69 Å². The van der Waals surface area contributed by atoms with E-state index in [1.807, 2.05) is 67.6 Å². The minimum Gasteiger partial charge on any atom is -0.364 e. The number of fused-ring (bicyclic) bond motifs is 1. The third-order valence-corrected chi connectivity index (χ3v) is 4.22. The van der Waals surface area contributed by atoms with Gasteiger partial charge in [0, 0.05) is 6.54 Å². The normalized spacial score (nSPS) is 11.0. The number of nitrogens with zero attached hydrogens (tertiary/aromatic N) is 3. The first-order chi connectivity index (χ1) is 12.7. The Morgan fingerprint density at radius 1 is 0.962 bits per heavy atom. The lowest BCUT2D eigenvalue weighted by Gasteiger charge is -2.08. The maximum Gasteiger partial charge on any atom is 0.328 e. The number of aryl methyl sites for hydroxylation is 1. The van der Waals surface area contributed by atoms with Crippen LogP contribution in [0.15, 0.2) is 65.5 Å². The van der Waals surface area contributed by atoms with Crippen LogP contribution in [-0.4, -0.2) is 19.5 Å². The van der Waals surface area contributed by atoms with Crippen molar-refractivity contribution in [2.24, 2.45) is 0 Å². The Morgan fingerprint density at radius 2 is 1.62 bits per heavy atom. The van der Waals surface area contributed by atoms with Crippen LogP contribution in [0.5, 0.6) is 0 Å². The van der Waals surface area contributed by atoms with Gasteiger partial charge in [0.25, 0.3) is 0 Å². The lowest BCUT2D eigenvalue weighted by molar-refractivity contribution is 0.775. The van der Waals surface area contributed by atoms with E-state index in [0.717, 1.165) is 11.1 Å². The van der Waals surface area contributed by atoms with Gasteiger partial charge in [0.15, 0.2) is 11.5 Å². The topological polar surface area (TPSA) is 75.6 Å². The number of nitrogens with one attached hydrogen (secondary N) is 2. The molecule has 2 aromatic carbocycles. The molecule has 0 spiro atoms. The van der Waals surface area contributed by atoms with E-state index in [1.54, 1.807) is 4.57 Å². The van der Waals surface area contributed by atoms with Crippen LogP contribution in [0.3, 0.4) is 0 Å². The van der Waals surface area contributed by atoms with E-state index in [2.05, 4.69) is 20.3 Å². The van der Waals surface area contributed by atoms with Gasteiger partial charge in [-0.25, -0.2) is 14.8 Å². The second-order valence-corrected chi connectivity index (χ2v) is 6.16. The third kappa shape index (κ3) is 3.21. The smallest absolute Gasteiger partial charge is 0.328 e. The molecule has 6 heteroatoms. The van der Waals surface area contributed by atoms with Crippen LogP contribution in [0.25, 0.3) is 11.2 Å². The van der Waals surface area contributed by atoms with Crippen molar-refractivity contribution in [1.29, 1.82) is 0 Å². The Kier molecular flexibility index (Phi) is 4.23. The highest BCUT2D eigenvalue weighted by atomic mass is 16.1. The van der Waals surface area contributed by atoms with Crippen LogP contribution < -0.4 is 11.0 Å². The number of H-pyrrole nitrogens is 1.